The highest BCUT2D eigenvalue weighted by atomic mass is 32.2. The zero-order valence-electron chi connectivity index (χ0n) is 16.8. The van der Waals surface area contributed by atoms with E-state index in [1.807, 2.05) is 0 Å². The van der Waals surface area contributed by atoms with Gasteiger partial charge in [-0.15, -0.1) is 4.41 Å². The van der Waals surface area contributed by atoms with Gasteiger partial charge in [-0.3, -0.25) is 4.90 Å². The van der Waals surface area contributed by atoms with Crippen LogP contribution in [0.5, 0.6) is 0 Å². The van der Waals surface area contributed by atoms with Crippen LogP contribution in [0, 0.1) is 11.6 Å². The summed E-state index contributed by atoms with van der Waals surface area (Å²) in [6, 6.07) is 2.05. The monoisotopic (exact) mass is 451 g/mol. The molecule has 1 aromatic rings. The largest absolute Gasteiger partial charge is 0.443 e. The highest BCUT2D eigenvalue weighted by Crippen LogP contribution is 2.31. The number of hydrogen-bond acceptors (Lipinski definition) is 8. The number of nitrogens with one attached hydrogen (secondary N) is 1. The number of ether oxygens (including phenoxy) is 1. The lowest BCUT2D eigenvalue weighted by Crippen LogP contribution is -2.46. The number of benzene rings is 1. The van der Waals surface area contributed by atoms with Gasteiger partial charge >= 0.3 is 6.09 Å². The van der Waals surface area contributed by atoms with E-state index >= 15 is 0 Å². The van der Waals surface area contributed by atoms with E-state index in [1.165, 1.54) is 11.9 Å². The van der Waals surface area contributed by atoms with Crippen LogP contribution in [-0.4, -0.2) is 82.3 Å². The maximum atomic E-state index is 14.8. The molecule has 1 aliphatic heterocycles. The Balaban J connectivity index is 2.21. The van der Waals surface area contributed by atoms with E-state index in [4.69, 9.17) is 15.6 Å². The number of anilines is 2. The van der Waals surface area contributed by atoms with Crippen LogP contribution >= 0.6 is 0 Å². The molecule has 0 aromatic heterocycles. The summed E-state index contributed by atoms with van der Waals surface area (Å²) in [7, 11) is -2.38. The van der Waals surface area contributed by atoms with E-state index in [-0.39, 0.29) is 44.1 Å². The summed E-state index contributed by atoms with van der Waals surface area (Å²) >= 11 is 0. The zero-order chi connectivity index (χ0) is 22.5. The molecule has 30 heavy (non-hydrogen) atoms. The first-order valence-corrected chi connectivity index (χ1v) is 11.0. The second-order valence-corrected chi connectivity index (χ2v) is 8.54. The minimum absolute atomic E-state index is 0.00753. The van der Waals surface area contributed by atoms with Gasteiger partial charge in [0.1, 0.15) is 11.8 Å². The molecule has 1 fully saturated rings. The third kappa shape index (κ3) is 5.35. The summed E-state index contributed by atoms with van der Waals surface area (Å²) in [6.07, 6.45) is -1.29. The number of carbonyl (C=O) groups is 1. The van der Waals surface area contributed by atoms with Gasteiger partial charge in [0.05, 0.1) is 24.6 Å². The molecule has 1 saturated heterocycles. The van der Waals surface area contributed by atoms with E-state index in [2.05, 4.69) is 5.43 Å². The first kappa shape index (κ1) is 24.2. The van der Waals surface area contributed by atoms with Crippen molar-refractivity contribution < 1.29 is 31.8 Å². The van der Waals surface area contributed by atoms with Crippen LogP contribution in [0.1, 0.15) is 6.92 Å². The number of nitrogens with zero attached hydrogens (tertiary/aromatic N) is 3. The quantitative estimate of drug-likeness (QED) is 0.396. The van der Waals surface area contributed by atoms with Crippen molar-refractivity contribution in [3.05, 3.63) is 23.8 Å². The molecule has 0 aliphatic carbocycles. The second kappa shape index (κ2) is 10.3. The van der Waals surface area contributed by atoms with Crippen molar-refractivity contribution in [2.75, 3.05) is 61.9 Å². The molecule has 1 aliphatic rings. The number of rotatable bonds is 11. The third-order valence-electron chi connectivity index (χ3n) is 4.66. The Labute approximate surface area is 174 Å². The van der Waals surface area contributed by atoms with Crippen LogP contribution < -0.4 is 21.0 Å². The molecule has 0 spiro atoms. The Bertz CT molecular complexity index is 834. The average molecular weight is 451 g/mol. The number of halogens is 2. The molecule has 13 heteroatoms. The van der Waals surface area contributed by atoms with Crippen molar-refractivity contribution in [2.45, 2.75) is 13.0 Å². The molecule has 170 valence electrons. The van der Waals surface area contributed by atoms with Crippen molar-refractivity contribution in [3.63, 3.8) is 0 Å². The SMILES string of the molecule is CCN(CCN(NC)S(=O)(=O)CCO)c1c(F)cc(N2C[C@H](CN)OC2=O)cc1F. The molecule has 2 rings (SSSR count). The number of carbonyl (C=O) groups excluding carboxylic acids is 1. The minimum atomic E-state index is -3.77. The highest BCUT2D eigenvalue weighted by Gasteiger charge is 2.33. The smallest absolute Gasteiger partial charge is 0.414 e. The van der Waals surface area contributed by atoms with Gasteiger partial charge in [-0.2, -0.15) is 0 Å². The Hall–Kier alpha value is -2.06. The van der Waals surface area contributed by atoms with Crippen molar-refractivity contribution in [1.82, 2.24) is 9.84 Å². The third-order valence-corrected chi connectivity index (χ3v) is 6.39. The maximum Gasteiger partial charge on any atom is 0.414 e. The molecule has 0 saturated carbocycles. The van der Waals surface area contributed by atoms with Gasteiger partial charge in [0.15, 0.2) is 11.6 Å². The predicted molar refractivity (Wildman–Crippen MR) is 108 cm³/mol. The van der Waals surface area contributed by atoms with Crippen LogP contribution in [0.15, 0.2) is 12.1 Å². The number of amides is 1. The second-order valence-electron chi connectivity index (χ2n) is 6.53. The van der Waals surface area contributed by atoms with E-state index in [0.29, 0.717) is 0 Å². The van der Waals surface area contributed by atoms with Crippen LogP contribution in [0.2, 0.25) is 0 Å². The Morgan fingerprint density at radius 2 is 1.97 bits per heavy atom. The van der Waals surface area contributed by atoms with E-state index in [1.54, 1.807) is 6.92 Å². The summed E-state index contributed by atoms with van der Waals surface area (Å²) in [4.78, 5) is 14.4. The maximum absolute atomic E-state index is 14.8. The fourth-order valence-corrected chi connectivity index (χ4v) is 4.21. The van der Waals surface area contributed by atoms with E-state index < -0.39 is 46.2 Å². The van der Waals surface area contributed by atoms with Crippen LogP contribution in [0.4, 0.5) is 25.0 Å². The van der Waals surface area contributed by atoms with Crippen LogP contribution in [0.25, 0.3) is 0 Å². The lowest BCUT2D eigenvalue weighted by atomic mass is 10.2. The molecular formula is C17H27F2N5O5S. The Morgan fingerprint density at radius 3 is 2.43 bits per heavy atom. The molecule has 1 heterocycles. The molecule has 1 amide bonds. The van der Waals surface area contributed by atoms with Crippen molar-refractivity contribution in [1.29, 1.82) is 0 Å². The van der Waals surface area contributed by atoms with Crippen molar-refractivity contribution >= 4 is 27.5 Å². The Kier molecular flexibility index (Phi) is 8.32. The lowest BCUT2D eigenvalue weighted by molar-refractivity contribution is 0.145. The summed E-state index contributed by atoms with van der Waals surface area (Å²) in [5, 5.41) is 8.90. The number of cyclic esters (lactones) is 1. The topological polar surface area (TPSA) is 128 Å². The van der Waals surface area contributed by atoms with Crippen molar-refractivity contribution in [2.24, 2.45) is 5.73 Å². The zero-order valence-corrected chi connectivity index (χ0v) is 17.7. The number of nitrogens with two attached hydrogens (primary N) is 1. The summed E-state index contributed by atoms with van der Waals surface area (Å²) in [5.74, 6) is -2.28. The predicted octanol–water partition coefficient (Wildman–Crippen LogP) is -0.166. The number of aliphatic hydroxyl groups excluding tert-OH is 1. The van der Waals surface area contributed by atoms with Crippen LogP contribution in [-0.2, 0) is 14.8 Å². The van der Waals surface area contributed by atoms with E-state index in [9.17, 15) is 22.0 Å². The Morgan fingerprint density at radius 1 is 1.33 bits per heavy atom. The molecule has 1 aromatic carbocycles. The van der Waals surface area contributed by atoms with Gasteiger partial charge in [-0.05, 0) is 14.0 Å². The lowest BCUT2D eigenvalue weighted by Gasteiger charge is -2.28. The van der Waals surface area contributed by atoms with Gasteiger partial charge in [-0.25, -0.2) is 27.4 Å². The normalized spacial score (nSPS) is 17.0. The fourth-order valence-electron chi connectivity index (χ4n) is 3.12. The highest BCUT2D eigenvalue weighted by molar-refractivity contribution is 7.89. The average Bonchev–Trinajstić information content (AvgIpc) is 3.06. The van der Waals surface area contributed by atoms with Gasteiger partial charge < -0.3 is 20.5 Å². The first-order valence-electron chi connectivity index (χ1n) is 9.39. The van der Waals surface area contributed by atoms with Gasteiger partial charge in [0, 0.05) is 38.3 Å². The summed E-state index contributed by atoms with van der Waals surface area (Å²) in [6.45, 7) is 1.38. The van der Waals surface area contributed by atoms with E-state index in [0.717, 1.165) is 21.4 Å². The molecule has 4 N–H and O–H groups in total. The standard InChI is InChI=1S/C17H27F2N5O5S/c1-3-22(4-5-24(21-2)30(27,28)7-6-25)16-14(18)8-12(9-15(16)19)23-11-13(10-20)29-17(23)26/h8-9,13,21,25H,3-7,10-11,20H2,1-2H3/t13-/m0/s1. The number of hydrazine groups is 1. The van der Waals surface area contributed by atoms with Gasteiger partial charge in [-0.1, -0.05) is 0 Å². The number of hydrogen-bond donors (Lipinski definition) is 3. The summed E-state index contributed by atoms with van der Waals surface area (Å²) in [5.41, 5.74) is 7.65. The molecule has 10 nitrogen and oxygen atoms in total. The molecule has 0 bridgehead atoms. The van der Waals surface area contributed by atoms with Gasteiger partial charge in [0.2, 0.25) is 10.0 Å². The molecule has 1 atom stereocenters. The number of sulfonamides is 1. The summed E-state index contributed by atoms with van der Waals surface area (Å²) < 4.78 is 59.7. The fraction of sp³-hybridized carbons (Fsp3) is 0.588. The first-order chi connectivity index (χ1) is 14.2. The minimum Gasteiger partial charge on any atom is -0.443 e. The number of aliphatic hydroxyl groups is 1. The van der Waals surface area contributed by atoms with Crippen LogP contribution in [0.3, 0.4) is 0 Å². The molecule has 0 unspecified atom stereocenters. The van der Waals surface area contributed by atoms with Gasteiger partial charge in [0.25, 0.3) is 0 Å². The van der Waals surface area contributed by atoms with Crippen molar-refractivity contribution in [3.8, 4) is 0 Å². The molecule has 0 radical (unpaired) electrons. The number of likely N-dealkylation sites (N-methyl/N-ethyl adjacent to an activating group) is 1. The molecular weight excluding hydrogens is 424 g/mol.